The van der Waals surface area contributed by atoms with Crippen LogP contribution in [0.1, 0.15) is 95.5 Å². The Bertz CT molecular complexity index is 817. The molecule has 1 aromatic carbocycles. The predicted octanol–water partition coefficient (Wildman–Crippen LogP) is 8.94. The molecule has 5 heteroatoms. The van der Waals surface area contributed by atoms with Crippen molar-refractivity contribution in [3.05, 3.63) is 41.7 Å². The van der Waals surface area contributed by atoms with Crippen molar-refractivity contribution in [1.82, 2.24) is 0 Å². The number of alkyl halides is 3. The van der Waals surface area contributed by atoms with E-state index in [-0.39, 0.29) is 5.92 Å². The van der Waals surface area contributed by atoms with Gasteiger partial charge in [0.2, 0.25) is 0 Å². The minimum Gasteiger partial charge on any atom is -0.403 e. The van der Waals surface area contributed by atoms with Crippen molar-refractivity contribution in [3.8, 4) is 17.6 Å². The molecule has 1 nitrogen and oxygen atoms in total. The number of unbranched alkanes of at least 4 members (excludes halogenated alkanes) is 2. The van der Waals surface area contributed by atoms with Crippen LogP contribution in [-0.2, 0) is 0 Å². The number of allylic oxidation sites excluding steroid dienone is 2. The van der Waals surface area contributed by atoms with Gasteiger partial charge in [-0.15, -0.1) is 13.2 Å². The molecule has 3 rings (SSSR count). The third-order valence-electron chi connectivity index (χ3n) is 7.23. The molecule has 0 aliphatic heterocycles. The molecular weight excluding hydrogens is 428 g/mol. The molecule has 182 valence electrons. The molecule has 1 aromatic rings. The van der Waals surface area contributed by atoms with Gasteiger partial charge in [-0.25, -0.2) is 4.39 Å². The Labute approximate surface area is 196 Å². The highest BCUT2D eigenvalue weighted by Gasteiger charge is 2.32. The van der Waals surface area contributed by atoms with Crippen LogP contribution < -0.4 is 4.74 Å². The lowest BCUT2D eigenvalue weighted by Gasteiger charge is -2.26. The Morgan fingerprint density at radius 1 is 1.00 bits per heavy atom. The molecule has 0 bridgehead atoms. The highest BCUT2D eigenvalue weighted by molar-refractivity contribution is 5.32. The monoisotopic (exact) mass is 464 g/mol. The first-order valence-corrected chi connectivity index (χ1v) is 12.6. The summed E-state index contributed by atoms with van der Waals surface area (Å²) in [6.45, 7) is 2.26. The normalized spacial score (nSPS) is 26.1. The van der Waals surface area contributed by atoms with Crippen molar-refractivity contribution in [1.29, 1.82) is 0 Å². The molecule has 0 radical (unpaired) electrons. The molecule has 2 aliphatic rings. The van der Waals surface area contributed by atoms with Crippen LogP contribution in [0.3, 0.4) is 0 Å². The van der Waals surface area contributed by atoms with E-state index in [2.05, 4.69) is 29.6 Å². The van der Waals surface area contributed by atoms with E-state index in [0.717, 1.165) is 43.2 Å². The number of halogens is 4. The molecule has 0 heterocycles. The van der Waals surface area contributed by atoms with Crippen molar-refractivity contribution < 1.29 is 22.3 Å². The molecule has 0 unspecified atom stereocenters. The summed E-state index contributed by atoms with van der Waals surface area (Å²) in [6.07, 6.45) is 13.7. The maximum Gasteiger partial charge on any atom is 0.573 e. The van der Waals surface area contributed by atoms with E-state index in [0.29, 0.717) is 11.8 Å². The molecule has 0 aromatic heterocycles. The van der Waals surface area contributed by atoms with Crippen LogP contribution in [0.15, 0.2) is 30.4 Å². The van der Waals surface area contributed by atoms with Crippen LogP contribution in [-0.4, -0.2) is 6.36 Å². The van der Waals surface area contributed by atoms with Gasteiger partial charge in [-0.05, 0) is 92.9 Å². The van der Waals surface area contributed by atoms with Gasteiger partial charge in [-0.3, -0.25) is 0 Å². The SMILES string of the molecule is CCCCC[C@H]1CC[C@H](/C=C/C#C[C@H]2CC[C@H](c3ccc(OC(F)(F)F)c(F)c3)CC2)CC1. The van der Waals surface area contributed by atoms with Crippen LogP contribution >= 0.6 is 0 Å². The molecule has 33 heavy (non-hydrogen) atoms. The van der Waals surface area contributed by atoms with E-state index >= 15 is 0 Å². The fraction of sp³-hybridized carbons (Fsp3) is 0.643. The highest BCUT2D eigenvalue weighted by Crippen LogP contribution is 2.37. The lowest BCUT2D eigenvalue weighted by Crippen LogP contribution is -2.18. The second-order valence-corrected chi connectivity index (χ2v) is 9.71. The van der Waals surface area contributed by atoms with Gasteiger partial charge in [0.1, 0.15) is 0 Å². The van der Waals surface area contributed by atoms with Crippen molar-refractivity contribution in [3.63, 3.8) is 0 Å². The van der Waals surface area contributed by atoms with Gasteiger partial charge in [0.25, 0.3) is 0 Å². The van der Waals surface area contributed by atoms with Gasteiger partial charge in [-0.2, -0.15) is 0 Å². The summed E-state index contributed by atoms with van der Waals surface area (Å²) < 4.78 is 54.7. The quantitative estimate of drug-likeness (QED) is 0.222. The van der Waals surface area contributed by atoms with Gasteiger partial charge >= 0.3 is 6.36 Å². The van der Waals surface area contributed by atoms with Gasteiger partial charge in [0.15, 0.2) is 11.6 Å². The van der Waals surface area contributed by atoms with Gasteiger partial charge in [0, 0.05) is 5.92 Å². The predicted molar refractivity (Wildman–Crippen MR) is 124 cm³/mol. The molecule has 2 saturated carbocycles. The Balaban J connectivity index is 1.39. The molecule has 2 aliphatic carbocycles. The van der Waals surface area contributed by atoms with Gasteiger partial charge in [-0.1, -0.05) is 56.6 Å². The van der Waals surface area contributed by atoms with E-state index in [1.54, 1.807) is 6.07 Å². The second-order valence-electron chi connectivity index (χ2n) is 9.71. The van der Waals surface area contributed by atoms with Crippen LogP contribution in [0.5, 0.6) is 5.75 Å². The van der Waals surface area contributed by atoms with Gasteiger partial charge < -0.3 is 4.74 Å². The number of benzene rings is 1. The van der Waals surface area contributed by atoms with Crippen molar-refractivity contribution in [2.24, 2.45) is 17.8 Å². The lowest BCUT2D eigenvalue weighted by molar-refractivity contribution is -0.275. The number of ether oxygens (including phenoxy) is 1. The van der Waals surface area contributed by atoms with Crippen molar-refractivity contribution >= 4 is 0 Å². The molecule has 0 atom stereocenters. The molecule has 0 amide bonds. The summed E-state index contributed by atoms with van der Waals surface area (Å²) in [7, 11) is 0. The molecule has 0 spiro atoms. The van der Waals surface area contributed by atoms with Crippen molar-refractivity contribution in [2.45, 2.75) is 96.3 Å². The minimum absolute atomic E-state index is 0.153. The number of hydrogen-bond donors (Lipinski definition) is 0. The third kappa shape index (κ3) is 8.72. The average Bonchev–Trinajstić information content (AvgIpc) is 2.79. The first kappa shape index (κ1) is 25.7. The molecule has 0 N–H and O–H groups in total. The summed E-state index contributed by atoms with van der Waals surface area (Å²) in [6, 6.07) is 3.80. The largest absolute Gasteiger partial charge is 0.573 e. The van der Waals surface area contributed by atoms with E-state index in [1.165, 1.54) is 57.4 Å². The summed E-state index contributed by atoms with van der Waals surface area (Å²) in [5, 5.41) is 0. The Hall–Kier alpha value is -1.96. The smallest absolute Gasteiger partial charge is 0.403 e. The molecular formula is C28H36F4O. The summed E-state index contributed by atoms with van der Waals surface area (Å²) in [5.74, 6) is 6.93. The summed E-state index contributed by atoms with van der Waals surface area (Å²) >= 11 is 0. The summed E-state index contributed by atoms with van der Waals surface area (Å²) in [5.41, 5.74) is 0.735. The van der Waals surface area contributed by atoms with E-state index < -0.39 is 17.9 Å². The summed E-state index contributed by atoms with van der Waals surface area (Å²) in [4.78, 5) is 0. The minimum atomic E-state index is -4.89. The zero-order valence-corrected chi connectivity index (χ0v) is 19.6. The van der Waals surface area contributed by atoms with Gasteiger partial charge in [0.05, 0.1) is 0 Å². The van der Waals surface area contributed by atoms with E-state index in [4.69, 9.17) is 0 Å². The van der Waals surface area contributed by atoms with Crippen LogP contribution in [0.2, 0.25) is 0 Å². The first-order chi connectivity index (χ1) is 15.8. The standard InChI is InChI=1S/C28H36F4O/c1-2-3-4-7-21-10-12-22(13-11-21)8-5-6-9-23-14-16-24(17-15-23)25-18-19-27(26(29)20-25)33-28(30,31)32/h5,8,18-24H,2-4,7,10-17H2,1H3/b8-5+/t21-,22-,23-,24-. The Kier molecular flexibility index (Phi) is 9.71. The maximum atomic E-state index is 14.0. The number of rotatable bonds is 7. The first-order valence-electron chi connectivity index (χ1n) is 12.6. The third-order valence-corrected chi connectivity index (χ3v) is 7.23. The number of hydrogen-bond acceptors (Lipinski definition) is 1. The van der Waals surface area contributed by atoms with E-state index in [9.17, 15) is 17.6 Å². The Morgan fingerprint density at radius 2 is 1.73 bits per heavy atom. The zero-order chi connectivity index (χ0) is 23.7. The molecule has 0 saturated heterocycles. The maximum absolute atomic E-state index is 14.0. The second kappa shape index (κ2) is 12.5. The van der Waals surface area contributed by atoms with Crippen molar-refractivity contribution in [2.75, 3.05) is 0 Å². The fourth-order valence-electron chi connectivity index (χ4n) is 5.25. The zero-order valence-electron chi connectivity index (χ0n) is 19.6. The van der Waals surface area contributed by atoms with Crippen LogP contribution in [0.4, 0.5) is 17.6 Å². The highest BCUT2D eigenvalue weighted by atomic mass is 19.4. The topological polar surface area (TPSA) is 9.23 Å². The lowest BCUT2D eigenvalue weighted by atomic mass is 9.79. The average molecular weight is 465 g/mol. The van der Waals surface area contributed by atoms with E-state index in [1.807, 2.05) is 6.08 Å². The van der Waals surface area contributed by atoms with Crippen LogP contribution in [0, 0.1) is 35.4 Å². The van der Waals surface area contributed by atoms with Crippen LogP contribution in [0.25, 0.3) is 0 Å². The molecule has 2 fully saturated rings. The Morgan fingerprint density at radius 3 is 2.36 bits per heavy atom. The fourth-order valence-corrected chi connectivity index (χ4v) is 5.25.